The highest BCUT2D eigenvalue weighted by Gasteiger charge is 2.27. The van der Waals surface area contributed by atoms with Crippen molar-refractivity contribution in [2.24, 2.45) is 0 Å². The normalized spacial score (nSPS) is 15.7. The molecule has 0 atom stereocenters. The predicted molar refractivity (Wildman–Crippen MR) is 148 cm³/mol. The van der Waals surface area contributed by atoms with Crippen molar-refractivity contribution < 1.29 is 14.3 Å². The Kier molecular flexibility index (Phi) is 7.94. The SMILES string of the molecule is COc1ccc(NC(=O)c2c(NC(=O)c3cccc(SN4CCCCC4)c3)sc3c2CCCC3)cc1. The Morgan fingerprint density at radius 2 is 1.69 bits per heavy atom. The number of piperidine rings is 1. The van der Waals surface area contributed by atoms with Crippen LogP contribution in [0.1, 0.15) is 63.3 Å². The molecular weight excluding hydrogens is 490 g/mol. The molecule has 0 radical (unpaired) electrons. The number of methoxy groups -OCH3 is 1. The fourth-order valence-corrected chi connectivity index (χ4v) is 7.08. The van der Waals surface area contributed by atoms with Gasteiger partial charge in [0, 0.05) is 34.1 Å². The minimum atomic E-state index is -0.190. The molecule has 2 aromatic carbocycles. The lowest BCUT2D eigenvalue weighted by atomic mass is 9.95. The highest BCUT2D eigenvalue weighted by molar-refractivity contribution is 7.97. The van der Waals surface area contributed by atoms with E-state index in [2.05, 4.69) is 14.9 Å². The molecule has 0 bridgehead atoms. The van der Waals surface area contributed by atoms with Crippen LogP contribution in [0.5, 0.6) is 5.75 Å². The van der Waals surface area contributed by atoms with E-state index in [4.69, 9.17) is 4.74 Å². The highest BCUT2D eigenvalue weighted by Crippen LogP contribution is 2.39. The van der Waals surface area contributed by atoms with Gasteiger partial charge in [-0.1, -0.05) is 12.5 Å². The first-order valence-electron chi connectivity index (χ1n) is 12.5. The van der Waals surface area contributed by atoms with E-state index in [9.17, 15) is 9.59 Å². The van der Waals surface area contributed by atoms with Crippen LogP contribution < -0.4 is 15.4 Å². The van der Waals surface area contributed by atoms with Crippen LogP contribution in [0.3, 0.4) is 0 Å². The van der Waals surface area contributed by atoms with E-state index in [1.807, 2.05) is 48.5 Å². The van der Waals surface area contributed by atoms with Gasteiger partial charge in [-0.15, -0.1) is 11.3 Å². The molecule has 1 aromatic heterocycles. The van der Waals surface area contributed by atoms with Gasteiger partial charge in [0.2, 0.25) is 0 Å². The van der Waals surface area contributed by atoms with Crippen molar-refractivity contribution >= 4 is 45.8 Å². The lowest BCUT2D eigenvalue weighted by Gasteiger charge is -2.25. The van der Waals surface area contributed by atoms with Gasteiger partial charge in [0.25, 0.3) is 11.8 Å². The fraction of sp³-hybridized carbons (Fsp3) is 0.357. The van der Waals surface area contributed by atoms with Crippen LogP contribution in [0.15, 0.2) is 53.4 Å². The van der Waals surface area contributed by atoms with Crippen LogP contribution in [0.2, 0.25) is 0 Å². The second-order valence-corrected chi connectivity index (χ2v) is 11.4. The molecule has 36 heavy (non-hydrogen) atoms. The molecule has 3 aromatic rings. The average molecular weight is 522 g/mol. The van der Waals surface area contributed by atoms with E-state index in [1.165, 1.54) is 35.5 Å². The number of nitrogens with one attached hydrogen (secondary N) is 2. The van der Waals surface area contributed by atoms with Crippen LogP contribution in [-0.4, -0.2) is 36.3 Å². The summed E-state index contributed by atoms with van der Waals surface area (Å²) in [5, 5.41) is 6.71. The lowest BCUT2D eigenvalue weighted by molar-refractivity contribution is 0.102. The van der Waals surface area contributed by atoms with Gasteiger partial charge in [0.15, 0.2) is 0 Å². The second-order valence-electron chi connectivity index (χ2n) is 9.16. The third-order valence-electron chi connectivity index (χ3n) is 6.62. The Morgan fingerprint density at radius 3 is 2.47 bits per heavy atom. The summed E-state index contributed by atoms with van der Waals surface area (Å²) in [6, 6.07) is 15.0. The molecule has 1 saturated heterocycles. The number of nitrogens with zero attached hydrogens (tertiary/aromatic N) is 1. The summed E-state index contributed by atoms with van der Waals surface area (Å²) in [5.74, 6) is 0.354. The zero-order valence-electron chi connectivity index (χ0n) is 20.5. The van der Waals surface area contributed by atoms with Gasteiger partial charge in [-0.05, 0) is 98.5 Å². The van der Waals surface area contributed by atoms with Crippen LogP contribution in [0, 0.1) is 0 Å². The molecule has 0 unspecified atom stereocenters. The molecule has 5 rings (SSSR count). The Bertz CT molecular complexity index is 1230. The maximum Gasteiger partial charge on any atom is 0.258 e. The van der Waals surface area contributed by atoms with E-state index in [-0.39, 0.29) is 11.8 Å². The third kappa shape index (κ3) is 5.77. The standard InChI is InChI=1S/C28H31N3O3S2/c1-34-21-14-12-20(13-15-21)29-27(33)25-23-10-3-4-11-24(23)35-28(25)30-26(32)19-8-7-9-22(18-19)36-31-16-5-2-6-17-31/h7-9,12-15,18H,2-6,10-11,16-17H2,1H3,(H,29,33)(H,30,32). The first-order chi connectivity index (χ1) is 17.6. The number of rotatable bonds is 7. The number of ether oxygens (including phenoxy) is 1. The molecular formula is C28H31N3O3S2. The van der Waals surface area contributed by atoms with Gasteiger partial charge < -0.3 is 15.4 Å². The summed E-state index contributed by atoms with van der Waals surface area (Å²) in [6.07, 6.45) is 7.69. The zero-order chi connectivity index (χ0) is 24.9. The quantitative estimate of drug-likeness (QED) is 0.341. The Morgan fingerprint density at radius 1 is 0.917 bits per heavy atom. The first kappa shape index (κ1) is 24.9. The third-order valence-corrected chi connectivity index (χ3v) is 8.91. The van der Waals surface area contributed by atoms with E-state index in [1.54, 1.807) is 19.1 Å². The fourth-order valence-electron chi connectivity index (χ4n) is 4.74. The molecule has 6 nitrogen and oxygen atoms in total. The van der Waals surface area contributed by atoms with Crippen LogP contribution in [-0.2, 0) is 12.8 Å². The van der Waals surface area contributed by atoms with Crippen molar-refractivity contribution in [3.05, 3.63) is 70.1 Å². The molecule has 1 aliphatic heterocycles. The van der Waals surface area contributed by atoms with Gasteiger partial charge in [-0.25, -0.2) is 4.31 Å². The van der Waals surface area contributed by atoms with Gasteiger partial charge in [-0.2, -0.15) is 0 Å². The molecule has 2 aliphatic rings. The van der Waals surface area contributed by atoms with Crippen molar-refractivity contribution in [1.82, 2.24) is 4.31 Å². The topological polar surface area (TPSA) is 70.7 Å². The van der Waals surface area contributed by atoms with Crippen LogP contribution in [0.4, 0.5) is 10.7 Å². The summed E-state index contributed by atoms with van der Waals surface area (Å²) in [7, 11) is 1.61. The van der Waals surface area contributed by atoms with Gasteiger partial charge >= 0.3 is 0 Å². The Balaban J connectivity index is 1.35. The highest BCUT2D eigenvalue weighted by atomic mass is 32.2. The number of benzene rings is 2. The van der Waals surface area contributed by atoms with E-state index in [0.29, 0.717) is 21.8 Å². The summed E-state index contributed by atoms with van der Waals surface area (Å²) < 4.78 is 7.58. The summed E-state index contributed by atoms with van der Waals surface area (Å²) in [4.78, 5) is 29.0. The second kappa shape index (κ2) is 11.5. The van der Waals surface area contributed by atoms with Crippen molar-refractivity contribution in [3.8, 4) is 5.75 Å². The van der Waals surface area contributed by atoms with Crippen molar-refractivity contribution in [1.29, 1.82) is 0 Å². The van der Waals surface area contributed by atoms with Crippen LogP contribution >= 0.6 is 23.3 Å². The number of carbonyl (C=O) groups excluding carboxylic acids is 2. The molecule has 8 heteroatoms. The predicted octanol–water partition coefficient (Wildman–Crippen LogP) is 6.63. The van der Waals surface area contributed by atoms with Gasteiger partial charge in [-0.3, -0.25) is 9.59 Å². The monoisotopic (exact) mass is 521 g/mol. The van der Waals surface area contributed by atoms with Crippen molar-refractivity contribution in [3.63, 3.8) is 0 Å². The van der Waals surface area contributed by atoms with E-state index >= 15 is 0 Å². The number of hydrogen-bond acceptors (Lipinski definition) is 6. The molecule has 0 saturated carbocycles. The molecule has 2 heterocycles. The Labute approximate surface area is 220 Å². The smallest absolute Gasteiger partial charge is 0.258 e. The van der Waals surface area contributed by atoms with Crippen LogP contribution in [0.25, 0.3) is 0 Å². The maximum absolute atomic E-state index is 13.4. The number of hydrogen-bond donors (Lipinski definition) is 2. The van der Waals surface area contributed by atoms with Crippen molar-refractivity contribution in [2.45, 2.75) is 49.8 Å². The summed E-state index contributed by atoms with van der Waals surface area (Å²) in [6.45, 7) is 2.16. The number of carbonyl (C=O) groups is 2. The van der Waals surface area contributed by atoms with Gasteiger partial charge in [0.05, 0.1) is 12.7 Å². The number of fused-ring (bicyclic) bond motifs is 1. The average Bonchev–Trinajstić information content (AvgIpc) is 3.28. The van der Waals surface area contributed by atoms with E-state index < -0.39 is 0 Å². The molecule has 1 fully saturated rings. The molecule has 188 valence electrons. The Hall–Kier alpha value is -2.81. The number of thiophene rings is 1. The van der Waals surface area contributed by atoms with E-state index in [0.717, 1.165) is 55.0 Å². The molecule has 2 amide bonds. The minimum Gasteiger partial charge on any atom is -0.497 e. The summed E-state index contributed by atoms with van der Waals surface area (Å²) in [5.41, 5.74) is 2.96. The lowest BCUT2D eigenvalue weighted by Crippen LogP contribution is -2.22. The first-order valence-corrected chi connectivity index (χ1v) is 14.1. The molecule has 1 aliphatic carbocycles. The van der Waals surface area contributed by atoms with Crippen molar-refractivity contribution in [2.75, 3.05) is 30.8 Å². The molecule has 0 spiro atoms. The van der Waals surface area contributed by atoms with Gasteiger partial charge in [0.1, 0.15) is 10.8 Å². The number of aryl methyl sites for hydroxylation is 1. The largest absolute Gasteiger partial charge is 0.497 e. The maximum atomic E-state index is 13.4. The number of amides is 2. The summed E-state index contributed by atoms with van der Waals surface area (Å²) >= 11 is 3.26. The number of anilines is 2. The minimum absolute atomic E-state index is 0.187. The molecule has 2 N–H and O–H groups in total. The zero-order valence-corrected chi connectivity index (χ0v) is 22.1.